The van der Waals surface area contributed by atoms with Crippen LogP contribution in [-0.2, 0) is 17.9 Å². The van der Waals surface area contributed by atoms with E-state index in [4.69, 9.17) is 0 Å². The summed E-state index contributed by atoms with van der Waals surface area (Å²) in [7, 11) is 1.77. The van der Waals surface area contributed by atoms with Crippen LogP contribution in [0, 0.1) is 6.92 Å². The van der Waals surface area contributed by atoms with Crippen LogP contribution in [0.25, 0.3) is 21.5 Å². The normalized spacial score (nSPS) is 11.1. The number of aromatic nitrogens is 2. The van der Waals surface area contributed by atoms with Crippen molar-refractivity contribution < 1.29 is 23.7 Å². The lowest BCUT2D eigenvalue weighted by Gasteiger charge is -2.18. The molecule has 0 aliphatic carbocycles. The molecule has 0 atom stereocenters. The van der Waals surface area contributed by atoms with Gasteiger partial charge in [-0.05, 0) is 75.2 Å². The van der Waals surface area contributed by atoms with Crippen molar-refractivity contribution in [3.8, 4) is 0 Å². The van der Waals surface area contributed by atoms with Gasteiger partial charge < -0.3 is 15.5 Å². The highest BCUT2D eigenvalue weighted by atomic mass is 16.2. The van der Waals surface area contributed by atoms with Crippen molar-refractivity contribution in [2.45, 2.75) is 59.5 Å². The number of nitrogens with zero attached hydrogens (tertiary/aromatic N) is 4. The fourth-order valence-electron chi connectivity index (χ4n) is 6.56. The van der Waals surface area contributed by atoms with Gasteiger partial charge >= 0.3 is 0 Å². The van der Waals surface area contributed by atoms with Gasteiger partial charge in [0.2, 0.25) is 12.7 Å². The first-order valence-electron chi connectivity index (χ1n) is 17.9. The highest BCUT2D eigenvalue weighted by Crippen LogP contribution is 2.31. The molecule has 10 heteroatoms. The minimum absolute atomic E-state index is 0.0947. The molecule has 10 nitrogen and oxygen atoms in total. The predicted molar refractivity (Wildman–Crippen MR) is 204 cm³/mol. The Morgan fingerprint density at radius 3 is 2.12 bits per heavy atom. The maximum Gasteiger partial charge on any atom is 0.260 e. The number of benzene rings is 4. The zero-order valence-corrected chi connectivity index (χ0v) is 30.2. The van der Waals surface area contributed by atoms with Gasteiger partial charge in [0, 0.05) is 83.9 Å². The van der Waals surface area contributed by atoms with E-state index in [0.29, 0.717) is 41.6 Å². The Morgan fingerprint density at radius 2 is 1.45 bits per heavy atom. The molecule has 0 fully saturated rings. The van der Waals surface area contributed by atoms with Crippen molar-refractivity contribution in [3.63, 3.8) is 0 Å². The van der Waals surface area contributed by atoms with Crippen LogP contribution in [0.5, 0.6) is 0 Å². The SMILES string of the molecule is CCN(C)C(=O)c1ccc(NCCC[n+]2ccn(CCCCCNc3ccc(C(=O)N(C=O)CC)c4c(C)cccc34)c2)c2cccc(C=O)c12. The monoisotopic (exact) mass is 689 g/mol. The van der Waals surface area contributed by atoms with E-state index in [1.54, 1.807) is 24.9 Å². The summed E-state index contributed by atoms with van der Waals surface area (Å²) >= 11 is 0. The van der Waals surface area contributed by atoms with Gasteiger partial charge in [-0.25, -0.2) is 9.13 Å². The summed E-state index contributed by atoms with van der Waals surface area (Å²) in [4.78, 5) is 52.2. The molecule has 2 N–H and O–H groups in total. The number of hydrogen-bond acceptors (Lipinski definition) is 6. The first-order valence-corrected chi connectivity index (χ1v) is 17.9. The molecule has 4 aromatic carbocycles. The predicted octanol–water partition coefficient (Wildman–Crippen LogP) is 6.70. The van der Waals surface area contributed by atoms with Gasteiger partial charge in [-0.2, -0.15) is 0 Å². The van der Waals surface area contributed by atoms with Crippen LogP contribution in [0.2, 0.25) is 0 Å². The minimum atomic E-state index is -0.276. The van der Waals surface area contributed by atoms with Crippen LogP contribution in [0.3, 0.4) is 0 Å². The molecule has 3 amide bonds. The quantitative estimate of drug-likeness (QED) is 0.0603. The molecule has 0 unspecified atom stereocenters. The summed E-state index contributed by atoms with van der Waals surface area (Å²) in [6.45, 7) is 10.0. The number of carbonyl (C=O) groups is 4. The van der Waals surface area contributed by atoms with Crippen molar-refractivity contribution in [2.24, 2.45) is 0 Å². The lowest BCUT2D eigenvalue weighted by atomic mass is 9.97. The molecule has 0 radical (unpaired) electrons. The molecule has 0 saturated heterocycles. The van der Waals surface area contributed by atoms with E-state index in [2.05, 4.69) is 38.5 Å². The third-order valence-corrected chi connectivity index (χ3v) is 9.52. The van der Waals surface area contributed by atoms with E-state index in [1.807, 2.05) is 68.4 Å². The molecule has 0 saturated carbocycles. The van der Waals surface area contributed by atoms with E-state index in [9.17, 15) is 19.2 Å². The smallest absolute Gasteiger partial charge is 0.260 e. The average Bonchev–Trinajstić information content (AvgIpc) is 3.61. The number of imidazole rings is 1. The minimum Gasteiger partial charge on any atom is -0.385 e. The van der Waals surface area contributed by atoms with E-state index in [-0.39, 0.29) is 11.8 Å². The average molecular weight is 690 g/mol. The Kier molecular flexibility index (Phi) is 12.6. The van der Waals surface area contributed by atoms with Crippen molar-refractivity contribution >= 4 is 57.4 Å². The topological polar surface area (TPSA) is 108 Å². The van der Waals surface area contributed by atoms with Crippen LogP contribution in [0.4, 0.5) is 11.4 Å². The second-order valence-corrected chi connectivity index (χ2v) is 12.9. The molecule has 5 rings (SSSR count). The zero-order valence-electron chi connectivity index (χ0n) is 30.2. The molecule has 5 aromatic rings. The lowest BCUT2D eigenvalue weighted by Crippen LogP contribution is -2.32. The second kappa shape index (κ2) is 17.4. The number of aldehydes is 1. The molecular weight excluding hydrogens is 640 g/mol. The number of nitrogens with one attached hydrogen (secondary N) is 2. The summed E-state index contributed by atoms with van der Waals surface area (Å²) in [6, 6.07) is 19.1. The van der Waals surface area contributed by atoms with Gasteiger partial charge in [0.25, 0.3) is 11.8 Å². The standard InChI is InChI=1S/C41H48N6O4/c1-5-44(4)40(50)35-18-20-37(33-16-11-14-31(27-48)39(33)35)43-22-12-24-46-26-25-45(28-46)23-9-7-8-21-42-36-19-17-34(41(51)47(6-2)29-49)38-30(3)13-10-15-32(36)38/h10-11,13-20,25-29H,5-9,12,21-24H2,1-4H3,(H-,42,43,48,50,51)/p+1. The summed E-state index contributed by atoms with van der Waals surface area (Å²) < 4.78 is 4.42. The number of amides is 3. The molecule has 51 heavy (non-hydrogen) atoms. The number of anilines is 2. The summed E-state index contributed by atoms with van der Waals surface area (Å²) in [5.41, 5.74) is 4.51. The van der Waals surface area contributed by atoms with Crippen LogP contribution in [0.1, 0.15) is 76.2 Å². The number of aryl methyl sites for hydroxylation is 3. The summed E-state index contributed by atoms with van der Waals surface area (Å²) in [5.74, 6) is -0.371. The molecule has 0 spiro atoms. The highest BCUT2D eigenvalue weighted by Gasteiger charge is 2.20. The van der Waals surface area contributed by atoms with Crippen molar-refractivity contribution in [1.82, 2.24) is 14.4 Å². The fourth-order valence-corrected chi connectivity index (χ4v) is 6.56. The number of fused-ring (bicyclic) bond motifs is 2. The lowest BCUT2D eigenvalue weighted by molar-refractivity contribution is -0.696. The third kappa shape index (κ3) is 8.45. The zero-order chi connectivity index (χ0) is 36.3. The molecule has 0 aliphatic heterocycles. The number of rotatable bonds is 18. The van der Waals surface area contributed by atoms with Crippen LogP contribution >= 0.6 is 0 Å². The molecule has 0 aliphatic rings. The Bertz CT molecular complexity index is 2020. The van der Waals surface area contributed by atoms with Gasteiger partial charge in [-0.3, -0.25) is 24.1 Å². The largest absolute Gasteiger partial charge is 0.385 e. The Hall–Kier alpha value is -5.51. The Balaban J connectivity index is 1.08. The summed E-state index contributed by atoms with van der Waals surface area (Å²) in [5, 5.41) is 10.5. The third-order valence-electron chi connectivity index (χ3n) is 9.52. The number of carbonyl (C=O) groups excluding carboxylic acids is 4. The maximum atomic E-state index is 13.0. The number of hydrogen-bond donors (Lipinski definition) is 2. The molecule has 0 bridgehead atoms. The maximum absolute atomic E-state index is 13.0. The number of imide groups is 1. The Labute approximate surface area is 300 Å². The van der Waals surface area contributed by atoms with Gasteiger partial charge in [0.05, 0.1) is 13.1 Å². The van der Waals surface area contributed by atoms with E-state index in [1.165, 1.54) is 4.90 Å². The first kappa shape index (κ1) is 36.8. The van der Waals surface area contributed by atoms with Gasteiger partial charge in [0.1, 0.15) is 12.4 Å². The van der Waals surface area contributed by atoms with Crippen molar-refractivity contribution in [3.05, 3.63) is 102 Å². The van der Waals surface area contributed by atoms with E-state index in [0.717, 1.165) is 91.2 Å². The molecule has 1 aromatic heterocycles. The van der Waals surface area contributed by atoms with Gasteiger partial charge in [-0.1, -0.05) is 36.4 Å². The molecular formula is C41H49N6O4+. The van der Waals surface area contributed by atoms with Crippen LogP contribution in [0.15, 0.2) is 79.4 Å². The molecule has 266 valence electrons. The van der Waals surface area contributed by atoms with E-state index >= 15 is 0 Å². The van der Waals surface area contributed by atoms with Crippen LogP contribution in [-0.4, -0.2) is 72.1 Å². The van der Waals surface area contributed by atoms with Gasteiger partial charge in [0.15, 0.2) is 6.29 Å². The van der Waals surface area contributed by atoms with Gasteiger partial charge in [-0.15, -0.1) is 0 Å². The number of unbranched alkanes of at least 4 members (excludes halogenated alkanes) is 2. The van der Waals surface area contributed by atoms with Crippen molar-refractivity contribution in [1.29, 1.82) is 0 Å². The van der Waals surface area contributed by atoms with E-state index < -0.39 is 0 Å². The fraction of sp³-hybridized carbons (Fsp3) is 0.341. The van der Waals surface area contributed by atoms with Crippen LogP contribution < -0.4 is 15.2 Å². The second-order valence-electron chi connectivity index (χ2n) is 12.9. The highest BCUT2D eigenvalue weighted by molar-refractivity contribution is 6.15. The molecule has 1 heterocycles. The first-order chi connectivity index (χ1) is 24.8. The summed E-state index contributed by atoms with van der Waals surface area (Å²) in [6.07, 6.45) is 11.8. The van der Waals surface area contributed by atoms with Crippen molar-refractivity contribution in [2.75, 3.05) is 43.9 Å². The Morgan fingerprint density at radius 1 is 0.784 bits per heavy atom.